The summed E-state index contributed by atoms with van der Waals surface area (Å²) in [6, 6.07) is 30.9. The van der Waals surface area contributed by atoms with Gasteiger partial charge in [0.25, 0.3) is 0 Å². The fourth-order valence-electron chi connectivity index (χ4n) is 5.43. The molecule has 0 aliphatic heterocycles. The summed E-state index contributed by atoms with van der Waals surface area (Å²) < 4.78 is 2.44. The standard InChI is InChI=1S/C35H31N/c1-6-24(25-11-8-7-9-12-25)16-15-23(2)26-17-19-32-30(21-26)28-13-10-14-29-31-22-27(35(3,4)5)18-20-33(31)36(32)34(28)29/h6-22H,2H2,1,3-5H3/b16-15-,24-6+. The summed E-state index contributed by atoms with van der Waals surface area (Å²) in [5.41, 5.74) is 9.90. The van der Waals surface area contributed by atoms with Crippen LogP contribution in [-0.4, -0.2) is 4.40 Å². The number of benzene rings is 4. The summed E-state index contributed by atoms with van der Waals surface area (Å²) >= 11 is 0. The molecule has 0 aliphatic rings. The molecule has 1 nitrogen and oxygen atoms in total. The molecule has 0 aliphatic carbocycles. The molecule has 176 valence electrons. The maximum Gasteiger partial charge on any atom is 0.0620 e. The smallest absolute Gasteiger partial charge is 0.0620 e. The Labute approximate surface area is 213 Å². The molecule has 36 heavy (non-hydrogen) atoms. The Morgan fingerprint density at radius 1 is 0.694 bits per heavy atom. The van der Waals surface area contributed by atoms with Crippen molar-refractivity contribution in [3.05, 3.63) is 126 Å². The molecule has 2 heterocycles. The van der Waals surface area contributed by atoms with Crippen LogP contribution in [0.1, 0.15) is 44.4 Å². The highest BCUT2D eigenvalue weighted by Gasteiger charge is 2.20. The van der Waals surface area contributed by atoms with Crippen molar-refractivity contribution in [3.8, 4) is 0 Å². The Balaban J connectivity index is 1.47. The van der Waals surface area contributed by atoms with Crippen LogP contribution >= 0.6 is 0 Å². The van der Waals surface area contributed by atoms with Crippen molar-refractivity contribution in [1.82, 2.24) is 4.40 Å². The van der Waals surface area contributed by atoms with E-state index < -0.39 is 0 Å². The van der Waals surface area contributed by atoms with E-state index in [-0.39, 0.29) is 5.41 Å². The number of hydrogen-bond donors (Lipinski definition) is 0. The molecule has 0 saturated heterocycles. The van der Waals surface area contributed by atoms with Crippen LogP contribution in [0.25, 0.3) is 49.2 Å². The van der Waals surface area contributed by atoms with E-state index in [1.807, 2.05) is 6.07 Å². The van der Waals surface area contributed by atoms with Gasteiger partial charge in [-0.2, -0.15) is 0 Å². The van der Waals surface area contributed by atoms with Crippen molar-refractivity contribution >= 4 is 49.2 Å². The molecular weight excluding hydrogens is 434 g/mol. The van der Waals surface area contributed by atoms with Gasteiger partial charge in [0.05, 0.1) is 16.6 Å². The van der Waals surface area contributed by atoms with Gasteiger partial charge in [0, 0.05) is 21.5 Å². The number of nitrogens with zero attached hydrogens (tertiary/aromatic N) is 1. The first-order valence-electron chi connectivity index (χ1n) is 12.7. The topological polar surface area (TPSA) is 4.41 Å². The maximum absolute atomic E-state index is 4.40. The Hall–Kier alpha value is -4.10. The summed E-state index contributed by atoms with van der Waals surface area (Å²) in [6.45, 7) is 13.3. The molecule has 1 heteroatoms. The monoisotopic (exact) mass is 465 g/mol. The quantitative estimate of drug-likeness (QED) is 0.228. The zero-order valence-corrected chi connectivity index (χ0v) is 21.5. The van der Waals surface area contributed by atoms with Crippen molar-refractivity contribution in [1.29, 1.82) is 0 Å². The minimum absolute atomic E-state index is 0.123. The SMILES string of the molecule is C=C(/C=C\C(=C/C)c1ccccc1)c1ccc2c(c1)c1cccc3c4cc(C(C)(C)C)ccc4n2c13. The molecule has 0 saturated carbocycles. The lowest BCUT2D eigenvalue weighted by Crippen LogP contribution is -2.10. The van der Waals surface area contributed by atoms with E-state index in [1.54, 1.807) is 0 Å². The summed E-state index contributed by atoms with van der Waals surface area (Å²) in [6.07, 6.45) is 6.44. The van der Waals surface area contributed by atoms with Crippen LogP contribution in [0.5, 0.6) is 0 Å². The van der Waals surface area contributed by atoms with Gasteiger partial charge in [0.15, 0.2) is 0 Å². The van der Waals surface area contributed by atoms with Crippen molar-refractivity contribution in [2.75, 3.05) is 0 Å². The van der Waals surface area contributed by atoms with Gasteiger partial charge in [-0.25, -0.2) is 0 Å². The number of rotatable bonds is 4. The lowest BCUT2D eigenvalue weighted by Gasteiger charge is -2.19. The van der Waals surface area contributed by atoms with Gasteiger partial charge in [-0.1, -0.05) is 106 Å². The molecule has 0 radical (unpaired) electrons. The molecule has 4 aromatic carbocycles. The number of fused-ring (bicyclic) bond motifs is 6. The number of allylic oxidation sites excluding steroid dienone is 5. The predicted molar refractivity (Wildman–Crippen MR) is 158 cm³/mol. The number of hydrogen-bond acceptors (Lipinski definition) is 0. The van der Waals surface area contributed by atoms with Gasteiger partial charge < -0.3 is 4.40 Å². The summed E-state index contributed by atoms with van der Waals surface area (Å²) in [7, 11) is 0. The highest BCUT2D eigenvalue weighted by atomic mass is 14.9. The molecule has 0 N–H and O–H groups in total. The Morgan fingerprint density at radius 2 is 1.36 bits per heavy atom. The van der Waals surface area contributed by atoms with E-state index in [0.717, 1.165) is 11.1 Å². The van der Waals surface area contributed by atoms with Crippen LogP contribution in [0.3, 0.4) is 0 Å². The molecule has 0 bridgehead atoms. The molecule has 2 aromatic heterocycles. The van der Waals surface area contributed by atoms with Gasteiger partial charge in [-0.05, 0) is 64.4 Å². The van der Waals surface area contributed by atoms with Gasteiger partial charge >= 0.3 is 0 Å². The van der Waals surface area contributed by atoms with Crippen LogP contribution in [-0.2, 0) is 5.41 Å². The Kier molecular flexibility index (Phi) is 5.12. The van der Waals surface area contributed by atoms with E-state index >= 15 is 0 Å². The normalized spacial score (nSPS) is 13.2. The third kappa shape index (κ3) is 3.46. The molecule has 0 atom stereocenters. The van der Waals surface area contributed by atoms with Crippen LogP contribution in [0.2, 0.25) is 0 Å². The Bertz CT molecular complexity index is 1820. The van der Waals surface area contributed by atoms with Gasteiger partial charge in [0.1, 0.15) is 0 Å². The largest absolute Gasteiger partial charge is 0.308 e. The van der Waals surface area contributed by atoms with Crippen LogP contribution in [0, 0.1) is 0 Å². The van der Waals surface area contributed by atoms with Crippen molar-refractivity contribution in [2.45, 2.75) is 33.1 Å². The summed E-state index contributed by atoms with van der Waals surface area (Å²) in [5, 5.41) is 5.23. The highest BCUT2D eigenvalue weighted by molar-refractivity contribution is 6.23. The number of aromatic nitrogens is 1. The summed E-state index contributed by atoms with van der Waals surface area (Å²) in [5.74, 6) is 0. The number of para-hydroxylation sites is 1. The van der Waals surface area contributed by atoms with Gasteiger partial charge in [-0.3, -0.25) is 0 Å². The van der Waals surface area contributed by atoms with Crippen molar-refractivity contribution in [2.24, 2.45) is 0 Å². The second-order valence-corrected chi connectivity index (χ2v) is 10.7. The molecule has 6 rings (SSSR count). The Morgan fingerprint density at radius 3 is 2.03 bits per heavy atom. The van der Waals surface area contributed by atoms with Crippen molar-refractivity contribution in [3.63, 3.8) is 0 Å². The average Bonchev–Trinajstić information content (AvgIpc) is 3.40. The lowest BCUT2D eigenvalue weighted by molar-refractivity contribution is 0.591. The van der Waals surface area contributed by atoms with E-state index in [9.17, 15) is 0 Å². The first-order chi connectivity index (χ1) is 17.4. The van der Waals surface area contributed by atoms with E-state index in [0.29, 0.717) is 0 Å². The van der Waals surface area contributed by atoms with Gasteiger partial charge in [-0.15, -0.1) is 0 Å². The molecule has 0 spiro atoms. The van der Waals surface area contributed by atoms with Gasteiger partial charge in [0.2, 0.25) is 0 Å². The fourth-order valence-corrected chi connectivity index (χ4v) is 5.43. The van der Waals surface area contributed by atoms with Crippen LogP contribution < -0.4 is 0 Å². The average molecular weight is 466 g/mol. The highest BCUT2D eigenvalue weighted by Crippen LogP contribution is 2.41. The molecular formula is C35H31N. The first-order valence-corrected chi connectivity index (χ1v) is 12.7. The zero-order chi connectivity index (χ0) is 25.0. The molecule has 0 unspecified atom stereocenters. The third-order valence-corrected chi connectivity index (χ3v) is 7.43. The van der Waals surface area contributed by atoms with Crippen LogP contribution in [0.4, 0.5) is 0 Å². The van der Waals surface area contributed by atoms with Crippen molar-refractivity contribution < 1.29 is 0 Å². The minimum atomic E-state index is 0.123. The molecule has 6 aromatic rings. The summed E-state index contributed by atoms with van der Waals surface area (Å²) in [4.78, 5) is 0. The fraction of sp³-hybridized carbons (Fsp3) is 0.143. The second-order valence-electron chi connectivity index (χ2n) is 10.7. The second kappa shape index (κ2) is 8.24. The molecule has 0 amide bonds. The van der Waals surface area contributed by atoms with E-state index in [2.05, 4.69) is 136 Å². The van der Waals surface area contributed by atoms with Crippen LogP contribution in [0.15, 0.2) is 110 Å². The third-order valence-electron chi connectivity index (χ3n) is 7.43. The zero-order valence-electron chi connectivity index (χ0n) is 21.5. The van der Waals surface area contributed by atoms with E-state index in [1.165, 1.54) is 54.8 Å². The predicted octanol–water partition coefficient (Wildman–Crippen LogP) is 9.81. The maximum atomic E-state index is 4.40. The first kappa shape index (κ1) is 22.4. The van der Waals surface area contributed by atoms with E-state index in [4.69, 9.17) is 0 Å². The minimum Gasteiger partial charge on any atom is -0.308 e. The lowest BCUT2D eigenvalue weighted by atomic mass is 9.86. The molecule has 0 fully saturated rings.